The summed E-state index contributed by atoms with van der Waals surface area (Å²) < 4.78 is 12.1. The zero-order chi connectivity index (χ0) is 15.1. The molecule has 0 aromatic carbocycles. The molecule has 1 saturated heterocycles. The van der Waals surface area contributed by atoms with Crippen molar-refractivity contribution < 1.29 is 19.2 Å². The van der Waals surface area contributed by atoms with Gasteiger partial charge in [-0.1, -0.05) is 13.3 Å². The van der Waals surface area contributed by atoms with Crippen LogP contribution in [0.1, 0.15) is 60.3 Å². The topological polar surface area (TPSA) is 55.8 Å². The lowest BCUT2D eigenvalue weighted by atomic mass is 9.63. The van der Waals surface area contributed by atoms with E-state index in [1.165, 1.54) is 0 Å². The average Bonchev–Trinajstić information content (AvgIpc) is 2.57. The Kier molecular flexibility index (Phi) is 4.04. The van der Waals surface area contributed by atoms with Gasteiger partial charge in [-0.05, 0) is 58.3 Å². The molecule has 1 aliphatic carbocycles. The molecule has 20 heavy (non-hydrogen) atoms. The molecule has 1 atom stereocenters. The number of carbonyl (C=O) groups is 1. The van der Waals surface area contributed by atoms with E-state index in [4.69, 9.17) is 9.31 Å². The maximum absolute atomic E-state index is 11.5. The predicted molar refractivity (Wildman–Crippen MR) is 78.4 cm³/mol. The molecule has 1 fully saturated rings. The molecular weight excluding hydrogens is 255 g/mol. The Morgan fingerprint density at radius 1 is 1.30 bits per heavy atom. The number of hydrogen-bond donors (Lipinski definition) is 1. The van der Waals surface area contributed by atoms with Crippen LogP contribution in [0, 0.1) is 5.92 Å². The first-order valence-electron chi connectivity index (χ1n) is 7.51. The number of aliphatic carboxylic acids is 1. The molecule has 0 amide bonds. The fourth-order valence-electron chi connectivity index (χ4n) is 3.03. The maximum Gasteiger partial charge on any atom is 0.491 e. The lowest BCUT2D eigenvalue weighted by Gasteiger charge is -2.32. The average molecular weight is 280 g/mol. The zero-order valence-electron chi connectivity index (χ0n) is 13.2. The van der Waals surface area contributed by atoms with E-state index in [1.807, 2.05) is 27.7 Å². The minimum Gasteiger partial charge on any atom is -0.478 e. The van der Waals surface area contributed by atoms with Gasteiger partial charge in [0, 0.05) is 5.57 Å². The molecular formula is C15H25BO4. The van der Waals surface area contributed by atoms with E-state index < -0.39 is 24.3 Å². The van der Waals surface area contributed by atoms with Crippen LogP contribution in [0.3, 0.4) is 0 Å². The molecule has 0 aromatic rings. The van der Waals surface area contributed by atoms with Crippen LogP contribution in [0.4, 0.5) is 0 Å². The lowest BCUT2D eigenvalue weighted by Crippen LogP contribution is -2.41. The second kappa shape index (κ2) is 5.19. The molecule has 0 bridgehead atoms. The van der Waals surface area contributed by atoms with E-state index in [9.17, 15) is 9.90 Å². The Hall–Kier alpha value is -0.805. The van der Waals surface area contributed by atoms with Crippen LogP contribution in [-0.2, 0) is 14.1 Å². The molecule has 4 nitrogen and oxygen atoms in total. The van der Waals surface area contributed by atoms with Gasteiger partial charge in [-0.15, -0.1) is 0 Å². The number of carboxylic acid groups (broad SMARTS) is 1. The molecule has 1 unspecified atom stereocenters. The number of allylic oxidation sites excluding steroid dienone is 1. The molecule has 0 spiro atoms. The minimum absolute atomic E-state index is 0.254. The second-order valence-corrected chi connectivity index (χ2v) is 6.82. The molecule has 0 aromatic heterocycles. The van der Waals surface area contributed by atoms with Crippen LogP contribution >= 0.6 is 0 Å². The van der Waals surface area contributed by atoms with E-state index in [0.717, 1.165) is 24.7 Å². The monoisotopic (exact) mass is 280 g/mol. The molecule has 0 saturated carbocycles. The van der Waals surface area contributed by atoms with Gasteiger partial charge in [0.25, 0.3) is 0 Å². The van der Waals surface area contributed by atoms with Crippen molar-refractivity contribution in [3.05, 3.63) is 11.0 Å². The van der Waals surface area contributed by atoms with Crippen molar-refractivity contribution in [3.63, 3.8) is 0 Å². The summed E-state index contributed by atoms with van der Waals surface area (Å²) in [7, 11) is -0.517. The first-order chi connectivity index (χ1) is 9.19. The molecule has 2 rings (SSSR count). The van der Waals surface area contributed by atoms with Crippen LogP contribution in [-0.4, -0.2) is 29.4 Å². The highest BCUT2D eigenvalue weighted by atomic mass is 16.7. The number of rotatable bonds is 3. The molecule has 0 radical (unpaired) electrons. The smallest absolute Gasteiger partial charge is 0.478 e. The molecule has 1 aliphatic heterocycles. The van der Waals surface area contributed by atoms with Gasteiger partial charge < -0.3 is 14.4 Å². The fraction of sp³-hybridized carbons (Fsp3) is 0.800. The first-order valence-corrected chi connectivity index (χ1v) is 7.51. The predicted octanol–water partition coefficient (Wildman–Crippen LogP) is 3.21. The van der Waals surface area contributed by atoms with Crippen LogP contribution in [0.15, 0.2) is 11.0 Å². The normalized spacial score (nSPS) is 28.9. The minimum atomic E-state index is -0.826. The summed E-state index contributed by atoms with van der Waals surface area (Å²) in [4.78, 5) is 11.5. The van der Waals surface area contributed by atoms with Gasteiger partial charge in [0.05, 0.1) is 11.2 Å². The Bertz CT molecular complexity index is 423. The summed E-state index contributed by atoms with van der Waals surface area (Å²) in [5.74, 6) is -0.572. The summed E-state index contributed by atoms with van der Waals surface area (Å²) in [6.45, 7) is 10.1. The largest absolute Gasteiger partial charge is 0.491 e. The third-order valence-corrected chi connectivity index (χ3v) is 5.03. The summed E-state index contributed by atoms with van der Waals surface area (Å²) in [5, 5.41) is 9.47. The van der Waals surface area contributed by atoms with E-state index in [1.54, 1.807) is 0 Å². The second-order valence-electron chi connectivity index (χ2n) is 6.82. The van der Waals surface area contributed by atoms with E-state index in [0.29, 0.717) is 12.0 Å². The highest BCUT2D eigenvalue weighted by Crippen LogP contribution is 2.43. The van der Waals surface area contributed by atoms with Crippen molar-refractivity contribution in [1.29, 1.82) is 0 Å². The van der Waals surface area contributed by atoms with Crippen molar-refractivity contribution in [2.75, 3.05) is 0 Å². The van der Waals surface area contributed by atoms with Gasteiger partial charge in [-0.2, -0.15) is 0 Å². The summed E-state index contributed by atoms with van der Waals surface area (Å²) in [5.41, 5.74) is 0.514. The van der Waals surface area contributed by atoms with Crippen molar-refractivity contribution in [2.45, 2.75) is 71.5 Å². The Morgan fingerprint density at radius 3 is 2.30 bits per heavy atom. The Balaban J connectivity index is 2.40. The summed E-state index contributed by atoms with van der Waals surface area (Å²) >= 11 is 0. The third-order valence-electron chi connectivity index (χ3n) is 5.03. The highest BCUT2D eigenvalue weighted by molar-refractivity contribution is 6.55. The lowest BCUT2D eigenvalue weighted by molar-refractivity contribution is -0.133. The van der Waals surface area contributed by atoms with Crippen molar-refractivity contribution in [3.8, 4) is 0 Å². The Morgan fingerprint density at radius 2 is 1.85 bits per heavy atom. The van der Waals surface area contributed by atoms with Crippen molar-refractivity contribution >= 4 is 13.1 Å². The molecule has 112 valence electrons. The van der Waals surface area contributed by atoms with Crippen molar-refractivity contribution in [1.82, 2.24) is 0 Å². The van der Waals surface area contributed by atoms with Gasteiger partial charge in [-0.3, -0.25) is 0 Å². The fourth-order valence-corrected chi connectivity index (χ4v) is 3.03. The van der Waals surface area contributed by atoms with Gasteiger partial charge in [-0.25, -0.2) is 4.79 Å². The van der Waals surface area contributed by atoms with Gasteiger partial charge in [0.15, 0.2) is 0 Å². The van der Waals surface area contributed by atoms with Gasteiger partial charge >= 0.3 is 13.1 Å². The first kappa shape index (κ1) is 15.6. The number of carboxylic acids is 1. The molecule has 1 N–H and O–H groups in total. The van der Waals surface area contributed by atoms with Crippen LogP contribution in [0.2, 0.25) is 0 Å². The van der Waals surface area contributed by atoms with Gasteiger partial charge in [0.2, 0.25) is 0 Å². The summed E-state index contributed by atoms with van der Waals surface area (Å²) in [6, 6.07) is 0. The van der Waals surface area contributed by atoms with Crippen LogP contribution in [0.25, 0.3) is 0 Å². The molecule has 2 aliphatic rings. The third kappa shape index (κ3) is 2.53. The van der Waals surface area contributed by atoms with E-state index in [-0.39, 0.29) is 5.92 Å². The quantitative estimate of drug-likeness (QED) is 0.806. The van der Waals surface area contributed by atoms with E-state index >= 15 is 0 Å². The van der Waals surface area contributed by atoms with Crippen LogP contribution < -0.4 is 0 Å². The zero-order valence-corrected chi connectivity index (χ0v) is 13.2. The molecule has 1 heterocycles. The van der Waals surface area contributed by atoms with Gasteiger partial charge in [0.1, 0.15) is 0 Å². The standard InChI is InChI=1S/C15H25BO4/c1-6-10-8-7-9-11(13(17)18)12(10)16-19-14(2,3)15(4,5)20-16/h10H,6-9H2,1-5H3,(H,17,18). The molecule has 5 heteroatoms. The SMILES string of the molecule is CCC1CCCC(C(=O)O)=C1B1OC(C)(C)C(C)(C)O1. The van der Waals surface area contributed by atoms with E-state index in [2.05, 4.69) is 6.92 Å². The number of hydrogen-bond acceptors (Lipinski definition) is 3. The van der Waals surface area contributed by atoms with Crippen molar-refractivity contribution in [2.24, 2.45) is 5.92 Å². The summed E-state index contributed by atoms with van der Waals surface area (Å²) in [6.07, 6.45) is 3.50. The highest BCUT2D eigenvalue weighted by Gasteiger charge is 2.54. The Labute approximate surface area is 121 Å². The van der Waals surface area contributed by atoms with Crippen LogP contribution in [0.5, 0.6) is 0 Å². The maximum atomic E-state index is 11.5.